The maximum absolute atomic E-state index is 12.5. The van der Waals surface area contributed by atoms with Gasteiger partial charge in [-0.1, -0.05) is 54.9 Å². The van der Waals surface area contributed by atoms with E-state index in [1.807, 2.05) is 24.3 Å². The van der Waals surface area contributed by atoms with Crippen molar-refractivity contribution in [3.63, 3.8) is 0 Å². The van der Waals surface area contributed by atoms with Crippen LogP contribution in [0.25, 0.3) is 6.08 Å². The fraction of sp³-hybridized carbons (Fsp3) is 0.190. The van der Waals surface area contributed by atoms with Crippen molar-refractivity contribution in [2.45, 2.75) is 13.3 Å². The van der Waals surface area contributed by atoms with Crippen LogP contribution in [0.4, 0.5) is 4.79 Å². The summed E-state index contributed by atoms with van der Waals surface area (Å²) in [6.07, 6.45) is 2.65. The predicted octanol–water partition coefficient (Wildman–Crippen LogP) is 1.68. The first kappa shape index (κ1) is 20.9. The monoisotopic (exact) mass is 408 g/mol. The van der Waals surface area contributed by atoms with Gasteiger partial charge in [0.15, 0.2) is 0 Å². The fourth-order valence-corrected chi connectivity index (χ4v) is 3.75. The molecule has 148 valence electrons. The second-order valence-electron chi connectivity index (χ2n) is 6.54. The number of amides is 3. The third-order valence-electron chi connectivity index (χ3n) is 4.55. The van der Waals surface area contributed by atoms with Gasteiger partial charge in [0.25, 0.3) is 17.1 Å². The maximum atomic E-state index is 12.5. The number of aryl methyl sites for hydroxylation is 1. The normalized spacial score (nSPS) is 15.1. The Morgan fingerprint density at radius 1 is 1.21 bits per heavy atom. The lowest BCUT2D eigenvalue weighted by atomic mass is 9.87. The Kier molecular flexibility index (Phi) is 6.90. The van der Waals surface area contributed by atoms with E-state index in [0.717, 1.165) is 28.6 Å². The summed E-state index contributed by atoms with van der Waals surface area (Å²) in [6.45, 7) is 2.32. The van der Waals surface area contributed by atoms with Crippen LogP contribution in [0.3, 0.4) is 0 Å². The van der Waals surface area contributed by atoms with Crippen molar-refractivity contribution in [3.8, 4) is 0 Å². The summed E-state index contributed by atoms with van der Waals surface area (Å²) in [5, 5.41) is 11.5. The summed E-state index contributed by atoms with van der Waals surface area (Å²) in [4.78, 5) is 38.5. The molecule has 1 fully saturated rings. The van der Waals surface area contributed by atoms with Crippen LogP contribution in [0.2, 0.25) is 0 Å². The van der Waals surface area contributed by atoms with Crippen LogP contribution in [0.5, 0.6) is 0 Å². The van der Waals surface area contributed by atoms with Gasteiger partial charge >= 0.3 is 7.48 Å². The maximum Gasteiger partial charge on any atom is 0.304 e. The molecule has 0 aromatic heterocycles. The van der Waals surface area contributed by atoms with Gasteiger partial charge in [-0.05, 0) is 41.5 Å². The van der Waals surface area contributed by atoms with Crippen LogP contribution in [-0.2, 0) is 11.2 Å². The summed E-state index contributed by atoms with van der Waals surface area (Å²) in [6, 6.07) is 14.5. The smallest absolute Gasteiger partial charge is 0.304 e. The lowest BCUT2D eigenvalue weighted by Gasteiger charge is -2.13. The van der Waals surface area contributed by atoms with Gasteiger partial charge in [0.1, 0.15) is 0 Å². The Morgan fingerprint density at radius 3 is 2.66 bits per heavy atom. The molecule has 3 rings (SSSR count). The summed E-state index contributed by atoms with van der Waals surface area (Å²) in [7, 11) is -0.147. The Morgan fingerprint density at radius 2 is 1.97 bits per heavy atom. The number of hydrogen-bond donors (Lipinski definition) is 2. The Balaban J connectivity index is 1.58. The first-order chi connectivity index (χ1) is 14.0. The van der Waals surface area contributed by atoms with E-state index in [1.165, 1.54) is 5.56 Å². The van der Waals surface area contributed by atoms with Gasteiger partial charge < -0.3 is 10.3 Å². The predicted molar refractivity (Wildman–Crippen MR) is 116 cm³/mol. The second kappa shape index (κ2) is 9.58. The second-order valence-corrected chi connectivity index (χ2v) is 7.54. The SMILES string of the molecule is CCc1ccc(/C=C2\SC(=O)N(CCNC(=O)c3cccc(BO)c3)C2=O)cc1. The molecule has 1 aliphatic rings. The minimum Gasteiger partial charge on any atom is -0.449 e. The first-order valence-electron chi connectivity index (χ1n) is 9.34. The highest BCUT2D eigenvalue weighted by Crippen LogP contribution is 2.31. The number of carbonyl (C=O) groups excluding carboxylic acids is 3. The van der Waals surface area contributed by atoms with Crippen molar-refractivity contribution in [2.75, 3.05) is 13.1 Å². The molecule has 3 amide bonds. The standard InChI is InChI=1S/C21H21BN2O4S/c1-2-14-6-8-15(9-7-14)12-18-20(26)24(21(27)29-18)11-10-23-19(25)16-4-3-5-17(13-16)22-28/h3-9,12-13,22,28H,2,10-11H2,1H3,(H,23,25)/b18-12-. The Hall–Kier alpha value is -2.84. The molecule has 0 unspecified atom stereocenters. The highest BCUT2D eigenvalue weighted by atomic mass is 32.2. The topological polar surface area (TPSA) is 86.7 Å². The van der Waals surface area contributed by atoms with Crippen LogP contribution in [0, 0.1) is 0 Å². The van der Waals surface area contributed by atoms with Crippen molar-refractivity contribution in [2.24, 2.45) is 0 Å². The van der Waals surface area contributed by atoms with Crippen LogP contribution in [-0.4, -0.2) is 47.5 Å². The number of nitrogens with zero attached hydrogens (tertiary/aromatic N) is 1. The van der Waals surface area contributed by atoms with Crippen LogP contribution < -0.4 is 10.8 Å². The van der Waals surface area contributed by atoms with E-state index < -0.39 is 0 Å². The zero-order valence-corrected chi connectivity index (χ0v) is 16.9. The number of imide groups is 1. The number of nitrogens with one attached hydrogen (secondary N) is 1. The van der Waals surface area contributed by atoms with E-state index in [9.17, 15) is 14.4 Å². The molecule has 1 heterocycles. The van der Waals surface area contributed by atoms with E-state index in [1.54, 1.807) is 30.3 Å². The van der Waals surface area contributed by atoms with Gasteiger partial charge in [0.05, 0.1) is 4.91 Å². The molecule has 0 saturated carbocycles. The third-order valence-corrected chi connectivity index (χ3v) is 5.46. The zero-order chi connectivity index (χ0) is 20.8. The van der Waals surface area contributed by atoms with Crippen LogP contribution >= 0.6 is 11.8 Å². The largest absolute Gasteiger partial charge is 0.449 e. The zero-order valence-electron chi connectivity index (χ0n) is 16.1. The van der Waals surface area contributed by atoms with Gasteiger partial charge in [0.2, 0.25) is 0 Å². The molecule has 0 radical (unpaired) electrons. The number of carbonyl (C=O) groups is 3. The molecule has 2 aromatic rings. The number of rotatable bonds is 7. The molecule has 0 atom stereocenters. The fourth-order valence-electron chi connectivity index (χ4n) is 2.89. The molecule has 1 saturated heterocycles. The molecule has 0 spiro atoms. The van der Waals surface area contributed by atoms with Crippen LogP contribution in [0.1, 0.15) is 28.4 Å². The van der Waals surface area contributed by atoms with E-state index in [2.05, 4.69) is 12.2 Å². The van der Waals surface area contributed by atoms with E-state index >= 15 is 0 Å². The highest BCUT2D eigenvalue weighted by Gasteiger charge is 2.34. The molecule has 29 heavy (non-hydrogen) atoms. The van der Waals surface area contributed by atoms with Crippen molar-refractivity contribution >= 4 is 47.8 Å². The third kappa shape index (κ3) is 5.16. The number of thioether (sulfide) groups is 1. The van der Waals surface area contributed by atoms with Gasteiger partial charge in [0, 0.05) is 18.7 Å². The lowest BCUT2D eigenvalue weighted by Crippen LogP contribution is -2.37. The first-order valence-corrected chi connectivity index (χ1v) is 10.2. The molecular weight excluding hydrogens is 387 g/mol. The molecule has 0 bridgehead atoms. The average molecular weight is 408 g/mol. The van der Waals surface area contributed by atoms with E-state index in [-0.39, 0.29) is 37.6 Å². The summed E-state index contributed by atoms with van der Waals surface area (Å²) >= 11 is 0.905. The average Bonchev–Trinajstić information content (AvgIpc) is 3.01. The number of hydrogen-bond acceptors (Lipinski definition) is 5. The molecule has 1 aliphatic heterocycles. The Labute approximate surface area is 174 Å². The quantitative estimate of drug-likeness (QED) is 0.538. The summed E-state index contributed by atoms with van der Waals surface area (Å²) in [5.41, 5.74) is 3.13. The molecule has 2 N–H and O–H groups in total. The van der Waals surface area contributed by atoms with Gasteiger partial charge in [-0.15, -0.1) is 0 Å². The van der Waals surface area contributed by atoms with Crippen LogP contribution in [0.15, 0.2) is 53.4 Å². The van der Waals surface area contributed by atoms with Crippen molar-refractivity contribution in [3.05, 3.63) is 70.1 Å². The highest BCUT2D eigenvalue weighted by molar-refractivity contribution is 8.18. The minimum absolute atomic E-state index is 0.0994. The van der Waals surface area contributed by atoms with Crippen molar-refractivity contribution in [1.29, 1.82) is 0 Å². The van der Waals surface area contributed by atoms with Gasteiger partial charge in [-0.3, -0.25) is 19.3 Å². The number of benzene rings is 2. The minimum atomic E-state index is -0.351. The van der Waals surface area contributed by atoms with Crippen molar-refractivity contribution < 1.29 is 19.4 Å². The van der Waals surface area contributed by atoms with Crippen molar-refractivity contribution in [1.82, 2.24) is 10.2 Å². The van der Waals surface area contributed by atoms with E-state index in [0.29, 0.717) is 15.9 Å². The van der Waals surface area contributed by atoms with E-state index in [4.69, 9.17) is 5.02 Å². The Bertz CT molecular complexity index is 959. The molecule has 8 heteroatoms. The molecule has 2 aromatic carbocycles. The summed E-state index contributed by atoms with van der Waals surface area (Å²) < 4.78 is 0. The van der Waals surface area contributed by atoms with Gasteiger partial charge in [-0.25, -0.2) is 0 Å². The molecule has 6 nitrogen and oxygen atoms in total. The lowest BCUT2D eigenvalue weighted by molar-refractivity contribution is -0.122. The summed E-state index contributed by atoms with van der Waals surface area (Å²) in [5.74, 6) is -0.671. The van der Waals surface area contributed by atoms with Gasteiger partial charge in [-0.2, -0.15) is 0 Å². The molecular formula is C21H21BN2O4S. The molecule has 0 aliphatic carbocycles.